The maximum absolute atomic E-state index is 12.4. The van der Waals surface area contributed by atoms with Crippen LogP contribution in [0.4, 0.5) is 5.95 Å². The molecule has 1 saturated carbocycles. The molecule has 1 amide bonds. The van der Waals surface area contributed by atoms with Crippen molar-refractivity contribution in [1.82, 2.24) is 19.5 Å². The molecule has 7 nitrogen and oxygen atoms in total. The lowest BCUT2D eigenvalue weighted by atomic mass is 10.2. The quantitative estimate of drug-likeness (QED) is 0.771. The van der Waals surface area contributed by atoms with Crippen molar-refractivity contribution in [3.8, 4) is 0 Å². The van der Waals surface area contributed by atoms with Crippen molar-refractivity contribution in [2.45, 2.75) is 18.8 Å². The molecule has 116 valence electrons. The Bertz CT molecular complexity index is 968. The van der Waals surface area contributed by atoms with E-state index in [4.69, 9.17) is 0 Å². The fourth-order valence-corrected chi connectivity index (χ4v) is 2.60. The maximum atomic E-state index is 12.4. The van der Waals surface area contributed by atoms with Gasteiger partial charge in [-0.25, -0.2) is 9.97 Å². The third kappa shape index (κ3) is 2.40. The van der Waals surface area contributed by atoms with Gasteiger partial charge in [0.1, 0.15) is 11.1 Å². The summed E-state index contributed by atoms with van der Waals surface area (Å²) in [5, 5.41) is 2.67. The number of aromatic amines is 1. The van der Waals surface area contributed by atoms with Gasteiger partial charge in [-0.05, 0) is 43.0 Å². The number of H-pyrrole nitrogens is 1. The summed E-state index contributed by atoms with van der Waals surface area (Å²) in [5.74, 6) is 0.312. The average Bonchev–Trinajstić information content (AvgIpc) is 3.34. The zero-order chi connectivity index (χ0) is 16.0. The van der Waals surface area contributed by atoms with E-state index in [1.54, 1.807) is 29.9 Å². The molecule has 0 atom stereocenters. The van der Waals surface area contributed by atoms with Crippen molar-refractivity contribution in [3.05, 3.63) is 52.1 Å². The second kappa shape index (κ2) is 5.05. The Balaban J connectivity index is 1.64. The van der Waals surface area contributed by atoms with Crippen LogP contribution < -0.4 is 10.9 Å². The highest BCUT2D eigenvalue weighted by molar-refractivity contribution is 6.03. The number of carbonyl (C=O) groups is 1. The number of rotatable bonds is 3. The molecule has 1 aliphatic rings. The van der Waals surface area contributed by atoms with Gasteiger partial charge in [-0.15, -0.1) is 0 Å². The Morgan fingerprint density at radius 2 is 2.17 bits per heavy atom. The summed E-state index contributed by atoms with van der Waals surface area (Å²) < 4.78 is 1.68. The average molecular weight is 309 g/mol. The normalized spacial score (nSPS) is 14.1. The van der Waals surface area contributed by atoms with Crippen LogP contribution >= 0.6 is 0 Å². The first kappa shape index (κ1) is 13.7. The van der Waals surface area contributed by atoms with E-state index in [0.29, 0.717) is 23.0 Å². The third-order valence-corrected chi connectivity index (χ3v) is 4.05. The van der Waals surface area contributed by atoms with E-state index in [1.165, 1.54) is 0 Å². The van der Waals surface area contributed by atoms with Gasteiger partial charge in [-0.1, -0.05) is 0 Å². The first-order valence-corrected chi connectivity index (χ1v) is 7.45. The predicted molar refractivity (Wildman–Crippen MR) is 85.5 cm³/mol. The molecule has 1 aliphatic carbocycles. The number of fused-ring (bicyclic) bond motifs is 1. The summed E-state index contributed by atoms with van der Waals surface area (Å²) in [7, 11) is 1.76. The number of anilines is 1. The van der Waals surface area contributed by atoms with E-state index in [9.17, 15) is 9.59 Å². The number of hydrogen-bond donors (Lipinski definition) is 2. The molecule has 0 saturated heterocycles. The molecule has 7 heteroatoms. The first-order valence-electron chi connectivity index (χ1n) is 7.45. The van der Waals surface area contributed by atoms with Crippen LogP contribution in [0.5, 0.6) is 0 Å². The topological polar surface area (TPSA) is 92.7 Å². The predicted octanol–water partition coefficient (Wildman–Crippen LogP) is 1.79. The number of carbonyl (C=O) groups excluding carboxylic acids is 1. The lowest BCUT2D eigenvalue weighted by molar-refractivity contribution is 0.102. The lowest BCUT2D eigenvalue weighted by Gasteiger charge is -2.05. The van der Waals surface area contributed by atoms with Gasteiger partial charge < -0.3 is 4.98 Å². The molecule has 0 aromatic carbocycles. The standard InChI is InChI=1S/C16H15N5O2/c1-21-13-12(3-2-8-17-13)19-16(21)20-15(23)10-6-7-11(9-4-5-9)18-14(10)22/h2-3,6-9H,4-5H2,1H3,(H,18,22)(H,19,20,23). The van der Waals surface area contributed by atoms with E-state index in [-0.39, 0.29) is 11.1 Å². The van der Waals surface area contributed by atoms with Crippen molar-refractivity contribution in [2.24, 2.45) is 7.05 Å². The molecule has 0 unspecified atom stereocenters. The molecule has 0 aliphatic heterocycles. The Hall–Kier alpha value is -2.96. The van der Waals surface area contributed by atoms with Crippen molar-refractivity contribution in [2.75, 3.05) is 5.32 Å². The van der Waals surface area contributed by atoms with Crippen LogP contribution in [-0.2, 0) is 7.05 Å². The number of aryl methyl sites for hydroxylation is 1. The fraction of sp³-hybridized carbons (Fsp3) is 0.250. The van der Waals surface area contributed by atoms with Gasteiger partial charge in [0.2, 0.25) is 5.95 Å². The van der Waals surface area contributed by atoms with E-state index >= 15 is 0 Å². The zero-order valence-corrected chi connectivity index (χ0v) is 12.5. The summed E-state index contributed by atoms with van der Waals surface area (Å²) in [4.78, 5) is 35.8. The molecule has 0 spiro atoms. The molecule has 3 heterocycles. The SMILES string of the molecule is Cn1c(NC(=O)c2ccc(C3CC3)[nH]c2=O)nc2cccnc21. The van der Waals surface area contributed by atoms with Crippen LogP contribution in [0.15, 0.2) is 35.3 Å². The summed E-state index contributed by atoms with van der Waals surface area (Å²) >= 11 is 0. The molecule has 3 aromatic heterocycles. The van der Waals surface area contributed by atoms with Gasteiger partial charge in [-0.3, -0.25) is 19.5 Å². The Morgan fingerprint density at radius 1 is 1.35 bits per heavy atom. The molecule has 2 N–H and O–H groups in total. The number of nitrogens with zero attached hydrogens (tertiary/aromatic N) is 3. The Labute approximate surface area is 131 Å². The van der Waals surface area contributed by atoms with Crippen LogP contribution in [0.25, 0.3) is 11.2 Å². The summed E-state index contributed by atoms with van der Waals surface area (Å²) in [6.45, 7) is 0. The lowest BCUT2D eigenvalue weighted by Crippen LogP contribution is -2.24. The number of amides is 1. The Morgan fingerprint density at radius 3 is 2.87 bits per heavy atom. The largest absolute Gasteiger partial charge is 0.325 e. The number of hydrogen-bond acceptors (Lipinski definition) is 4. The van der Waals surface area contributed by atoms with Crippen molar-refractivity contribution >= 4 is 23.0 Å². The van der Waals surface area contributed by atoms with Crippen molar-refractivity contribution in [3.63, 3.8) is 0 Å². The highest BCUT2D eigenvalue weighted by atomic mass is 16.2. The number of aromatic nitrogens is 4. The van der Waals surface area contributed by atoms with E-state index in [0.717, 1.165) is 18.5 Å². The molecule has 4 rings (SSSR count). The molecular weight excluding hydrogens is 294 g/mol. The minimum Gasteiger partial charge on any atom is -0.325 e. The summed E-state index contributed by atoms with van der Waals surface area (Å²) in [6.07, 6.45) is 3.85. The van der Waals surface area contributed by atoms with Crippen LogP contribution in [0.2, 0.25) is 0 Å². The zero-order valence-electron chi connectivity index (χ0n) is 12.5. The minimum absolute atomic E-state index is 0.0782. The number of imidazole rings is 1. The molecule has 0 radical (unpaired) electrons. The van der Waals surface area contributed by atoms with Gasteiger partial charge in [-0.2, -0.15) is 0 Å². The van der Waals surface area contributed by atoms with Crippen molar-refractivity contribution in [1.29, 1.82) is 0 Å². The molecule has 1 fully saturated rings. The smallest absolute Gasteiger partial charge is 0.263 e. The number of pyridine rings is 2. The highest BCUT2D eigenvalue weighted by Gasteiger charge is 2.25. The second-order valence-electron chi connectivity index (χ2n) is 5.73. The van der Waals surface area contributed by atoms with E-state index in [1.807, 2.05) is 12.1 Å². The van der Waals surface area contributed by atoms with Gasteiger partial charge in [0, 0.05) is 18.9 Å². The van der Waals surface area contributed by atoms with Gasteiger partial charge in [0.25, 0.3) is 11.5 Å². The highest BCUT2D eigenvalue weighted by Crippen LogP contribution is 2.38. The van der Waals surface area contributed by atoms with Gasteiger partial charge >= 0.3 is 0 Å². The minimum atomic E-state index is -0.480. The second-order valence-corrected chi connectivity index (χ2v) is 5.73. The summed E-state index contributed by atoms with van der Waals surface area (Å²) in [5.41, 5.74) is 1.96. The molecule has 23 heavy (non-hydrogen) atoms. The number of nitrogens with one attached hydrogen (secondary N) is 2. The van der Waals surface area contributed by atoms with Gasteiger partial charge in [0.05, 0.1) is 0 Å². The van der Waals surface area contributed by atoms with Crippen LogP contribution in [-0.4, -0.2) is 25.4 Å². The van der Waals surface area contributed by atoms with E-state index < -0.39 is 5.91 Å². The molecule has 0 bridgehead atoms. The molecule has 3 aromatic rings. The van der Waals surface area contributed by atoms with Crippen LogP contribution in [0.1, 0.15) is 34.8 Å². The Kier molecular flexibility index (Phi) is 3.00. The van der Waals surface area contributed by atoms with Gasteiger partial charge in [0.15, 0.2) is 5.65 Å². The van der Waals surface area contributed by atoms with Crippen LogP contribution in [0.3, 0.4) is 0 Å². The van der Waals surface area contributed by atoms with Crippen LogP contribution in [0, 0.1) is 0 Å². The third-order valence-electron chi connectivity index (χ3n) is 4.05. The van der Waals surface area contributed by atoms with Crippen molar-refractivity contribution < 1.29 is 4.79 Å². The first-order chi connectivity index (χ1) is 11.1. The summed E-state index contributed by atoms with van der Waals surface area (Å²) in [6, 6.07) is 6.98. The monoisotopic (exact) mass is 309 g/mol. The van der Waals surface area contributed by atoms with E-state index in [2.05, 4.69) is 20.3 Å². The fourth-order valence-electron chi connectivity index (χ4n) is 2.60. The molecular formula is C16H15N5O2. The maximum Gasteiger partial charge on any atom is 0.263 e.